The van der Waals surface area contributed by atoms with Gasteiger partial charge in [-0.3, -0.25) is 24.0 Å². The van der Waals surface area contributed by atoms with E-state index in [-0.39, 0.29) is 16.9 Å². The number of phenolic OH excluding ortho intramolecular Hbond substituents is 1. The summed E-state index contributed by atoms with van der Waals surface area (Å²) in [6.45, 7) is -1.51. The minimum Gasteiger partial charge on any atom is -0.507 e. The Kier molecular flexibility index (Phi) is 14.5. The van der Waals surface area contributed by atoms with Crippen molar-refractivity contribution in [1.29, 1.82) is 0 Å². The number of benzene rings is 1. The van der Waals surface area contributed by atoms with Crippen LogP contribution in [0, 0.1) is 0 Å². The second-order valence-electron chi connectivity index (χ2n) is 9.89. The van der Waals surface area contributed by atoms with E-state index in [9.17, 15) is 54.3 Å². The number of hydrogen-bond acceptors (Lipinski definition) is 16. The molecule has 262 valence electrons. The summed E-state index contributed by atoms with van der Waals surface area (Å²) >= 11 is 0.559. The summed E-state index contributed by atoms with van der Waals surface area (Å²) in [7, 11) is 0. The first kappa shape index (κ1) is 38.9. The van der Waals surface area contributed by atoms with E-state index in [0.717, 1.165) is 12.1 Å². The van der Waals surface area contributed by atoms with Crippen LogP contribution in [0.3, 0.4) is 0 Å². The molecule has 4 unspecified atom stereocenters. The first-order valence-electron chi connectivity index (χ1n) is 13.4. The van der Waals surface area contributed by atoms with Gasteiger partial charge < -0.3 is 77.1 Å². The van der Waals surface area contributed by atoms with E-state index in [1.165, 1.54) is 0 Å². The molecule has 1 saturated heterocycles. The van der Waals surface area contributed by atoms with Crippen molar-refractivity contribution in [3.63, 3.8) is 0 Å². The van der Waals surface area contributed by atoms with Gasteiger partial charge in [-0.1, -0.05) is 0 Å². The SMILES string of the molecule is NC(CCC(=O)NC(CSc1c(O)cc(C(=O)NCC(O)O)cc1OC1OC(C(=O)O)[C@@H](O)[C@H](O)[C@H]1O)C(=O)NCC(=O)O)C(=O)O. The number of nitrogens with one attached hydrogen (secondary N) is 3. The summed E-state index contributed by atoms with van der Waals surface area (Å²) in [5, 5.41) is 93.1. The normalized spacial score (nSPS) is 22.1. The number of amides is 3. The van der Waals surface area contributed by atoms with Gasteiger partial charge in [-0.05, 0) is 18.6 Å². The zero-order valence-electron chi connectivity index (χ0n) is 24.1. The number of hydrogen-bond donors (Lipinski definition) is 13. The van der Waals surface area contributed by atoms with Gasteiger partial charge in [-0.15, -0.1) is 11.8 Å². The topological polar surface area (TPSA) is 365 Å². The van der Waals surface area contributed by atoms with E-state index in [0.29, 0.717) is 11.8 Å². The first-order chi connectivity index (χ1) is 21.9. The zero-order chi connectivity index (χ0) is 35.6. The third-order valence-corrected chi connectivity index (χ3v) is 7.46. The Labute approximate surface area is 268 Å². The molecular weight excluding hydrogens is 660 g/mol. The number of rotatable bonds is 17. The molecule has 7 atom stereocenters. The number of aliphatic hydroxyl groups excluding tert-OH is 4. The predicted octanol–water partition coefficient (Wildman–Crippen LogP) is -5.33. The highest BCUT2D eigenvalue weighted by Gasteiger charge is 2.48. The molecular formula is C25H34N4O17S. The molecule has 1 heterocycles. The van der Waals surface area contributed by atoms with Crippen molar-refractivity contribution >= 4 is 47.4 Å². The fourth-order valence-electron chi connectivity index (χ4n) is 3.82. The average Bonchev–Trinajstić information content (AvgIpc) is 2.99. The van der Waals surface area contributed by atoms with Crippen LogP contribution in [0.2, 0.25) is 0 Å². The fraction of sp³-hybridized carbons (Fsp3) is 0.520. The lowest BCUT2D eigenvalue weighted by Gasteiger charge is -2.38. The standard InChI is InChI=1S/C25H34N4O17S/c26-9(23(41)42)1-2-13(31)29-10(22(40)28-6-15(34)35)7-47-20-11(30)3-8(21(39)27-5-14(32)33)4-12(20)45-25-18(38)16(36)17(37)19(46-25)24(43)44/h3-4,9-10,14,16-19,25,30,32-33,36-38H,1-2,5-7,26H2,(H,27,39)(H,28,40)(H,29,31)(H,34,35)(H,41,42)(H,43,44)/t9?,10?,16-,17-,18+,19?,25?/m0/s1. The molecule has 3 amide bonds. The fourth-order valence-corrected chi connectivity index (χ4v) is 4.85. The second-order valence-corrected chi connectivity index (χ2v) is 10.9. The van der Waals surface area contributed by atoms with E-state index < -0.39 is 121 Å². The number of aliphatic hydroxyl groups is 5. The molecule has 47 heavy (non-hydrogen) atoms. The molecule has 0 aliphatic carbocycles. The quantitative estimate of drug-likeness (QED) is 0.0534. The number of carboxylic acids is 3. The third-order valence-electron chi connectivity index (χ3n) is 6.26. The Balaban J connectivity index is 2.44. The molecule has 1 aromatic rings. The van der Waals surface area contributed by atoms with Crippen molar-refractivity contribution < 1.29 is 84.2 Å². The lowest BCUT2D eigenvalue weighted by molar-refractivity contribution is -0.271. The van der Waals surface area contributed by atoms with E-state index in [1.807, 2.05) is 5.32 Å². The van der Waals surface area contributed by atoms with Gasteiger partial charge in [0.2, 0.25) is 18.1 Å². The molecule has 0 bridgehead atoms. The van der Waals surface area contributed by atoms with Crippen molar-refractivity contribution in [1.82, 2.24) is 16.0 Å². The number of phenols is 1. The Morgan fingerprint density at radius 2 is 1.64 bits per heavy atom. The number of carbonyl (C=O) groups excluding carboxylic acids is 3. The summed E-state index contributed by atoms with van der Waals surface area (Å²) in [4.78, 5) is 70.9. The lowest BCUT2D eigenvalue weighted by Crippen LogP contribution is -2.61. The molecule has 1 aliphatic rings. The van der Waals surface area contributed by atoms with Gasteiger partial charge in [-0.2, -0.15) is 0 Å². The minimum atomic E-state index is -2.11. The molecule has 1 aliphatic heterocycles. The van der Waals surface area contributed by atoms with Crippen LogP contribution in [0.25, 0.3) is 0 Å². The monoisotopic (exact) mass is 694 g/mol. The Bertz CT molecular complexity index is 1330. The molecule has 2 rings (SSSR count). The number of carbonyl (C=O) groups is 6. The number of ether oxygens (including phenoxy) is 2. The molecule has 22 heteroatoms. The van der Waals surface area contributed by atoms with E-state index in [2.05, 4.69) is 10.6 Å². The molecule has 14 N–H and O–H groups in total. The number of aromatic hydroxyl groups is 1. The maximum absolute atomic E-state index is 12.7. The summed E-state index contributed by atoms with van der Waals surface area (Å²) in [6.07, 6.45) is -13.2. The van der Waals surface area contributed by atoms with E-state index >= 15 is 0 Å². The van der Waals surface area contributed by atoms with Crippen molar-refractivity contribution in [3.05, 3.63) is 17.7 Å². The maximum Gasteiger partial charge on any atom is 0.335 e. The number of nitrogens with two attached hydrogens (primary N) is 1. The average molecular weight is 695 g/mol. The minimum absolute atomic E-state index is 0.324. The second kappa shape index (κ2) is 17.6. The van der Waals surface area contributed by atoms with E-state index in [1.54, 1.807) is 0 Å². The molecule has 1 fully saturated rings. The molecule has 0 radical (unpaired) electrons. The number of carboxylic acid groups (broad SMARTS) is 3. The van der Waals surface area contributed by atoms with Crippen LogP contribution >= 0.6 is 11.8 Å². The highest BCUT2D eigenvalue weighted by atomic mass is 32.2. The van der Waals surface area contributed by atoms with Gasteiger partial charge in [-0.25, -0.2) is 4.79 Å². The Morgan fingerprint density at radius 1 is 0.979 bits per heavy atom. The van der Waals surface area contributed by atoms with Crippen molar-refractivity contribution in [2.24, 2.45) is 5.73 Å². The highest BCUT2D eigenvalue weighted by Crippen LogP contribution is 2.40. The van der Waals surface area contributed by atoms with Crippen molar-refractivity contribution in [2.45, 2.75) is 66.8 Å². The van der Waals surface area contributed by atoms with Crippen LogP contribution in [-0.4, -0.2) is 150 Å². The molecule has 0 saturated carbocycles. The first-order valence-corrected chi connectivity index (χ1v) is 14.4. The van der Waals surface area contributed by atoms with Crippen LogP contribution in [0.4, 0.5) is 0 Å². The zero-order valence-corrected chi connectivity index (χ0v) is 24.9. The van der Waals surface area contributed by atoms with Gasteiger partial charge in [0.15, 0.2) is 12.4 Å². The van der Waals surface area contributed by atoms with Crippen LogP contribution in [-0.2, 0) is 28.7 Å². The highest BCUT2D eigenvalue weighted by molar-refractivity contribution is 7.99. The predicted molar refractivity (Wildman–Crippen MR) is 152 cm³/mol. The summed E-state index contributed by atoms with van der Waals surface area (Å²) in [5.41, 5.74) is 5.00. The molecule has 21 nitrogen and oxygen atoms in total. The number of aliphatic carboxylic acids is 3. The van der Waals surface area contributed by atoms with Gasteiger partial charge >= 0.3 is 17.9 Å². The van der Waals surface area contributed by atoms with Gasteiger partial charge in [0.25, 0.3) is 5.91 Å². The smallest absolute Gasteiger partial charge is 0.335 e. The van der Waals surface area contributed by atoms with Crippen molar-refractivity contribution in [3.8, 4) is 11.5 Å². The van der Waals surface area contributed by atoms with E-state index in [4.69, 9.17) is 35.6 Å². The summed E-state index contributed by atoms with van der Waals surface area (Å²) in [6, 6.07) is -1.15. The van der Waals surface area contributed by atoms with Crippen LogP contribution in [0.15, 0.2) is 17.0 Å². The summed E-state index contributed by atoms with van der Waals surface area (Å²) < 4.78 is 10.6. The molecule has 1 aromatic carbocycles. The van der Waals surface area contributed by atoms with Gasteiger partial charge in [0.05, 0.1) is 11.4 Å². The molecule has 0 spiro atoms. The van der Waals surface area contributed by atoms with Gasteiger partial charge in [0, 0.05) is 17.7 Å². The van der Waals surface area contributed by atoms with Crippen LogP contribution < -0.4 is 26.4 Å². The van der Waals surface area contributed by atoms with Crippen LogP contribution in [0.1, 0.15) is 23.2 Å². The summed E-state index contributed by atoms with van der Waals surface area (Å²) in [5.74, 6) is -9.22. The molecule has 0 aromatic heterocycles. The number of thioether (sulfide) groups is 1. The lowest BCUT2D eigenvalue weighted by atomic mass is 9.99. The Hall–Kier alpha value is -4.29. The Morgan fingerprint density at radius 3 is 2.21 bits per heavy atom. The van der Waals surface area contributed by atoms with Gasteiger partial charge in [0.1, 0.15) is 48.4 Å². The third kappa shape index (κ3) is 11.5. The van der Waals surface area contributed by atoms with Crippen molar-refractivity contribution in [2.75, 3.05) is 18.8 Å². The largest absolute Gasteiger partial charge is 0.507 e. The maximum atomic E-state index is 12.7. The van der Waals surface area contributed by atoms with Crippen LogP contribution in [0.5, 0.6) is 11.5 Å².